The van der Waals surface area contributed by atoms with Crippen LogP contribution in [0.2, 0.25) is 5.02 Å². The van der Waals surface area contributed by atoms with Gasteiger partial charge < -0.3 is 15.6 Å². The van der Waals surface area contributed by atoms with Crippen LogP contribution in [0.25, 0.3) is 0 Å². The summed E-state index contributed by atoms with van der Waals surface area (Å²) in [4.78, 5) is 14.8. The number of carboxylic acid groups (broad SMARTS) is 1. The third-order valence-electron chi connectivity index (χ3n) is 2.33. The van der Waals surface area contributed by atoms with E-state index in [1.165, 1.54) is 6.07 Å². The maximum atomic E-state index is 13.4. The Hall–Kier alpha value is -1.86. The van der Waals surface area contributed by atoms with Crippen LogP contribution in [0.3, 0.4) is 0 Å². The number of nitrogens with two attached hydrogens (primary N) is 1. The van der Waals surface area contributed by atoms with E-state index in [4.69, 9.17) is 27.2 Å². The van der Waals surface area contributed by atoms with Crippen LogP contribution in [0.5, 0.6) is 11.6 Å². The largest absolute Gasteiger partial charge is 0.478 e. The molecule has 0 bridgehead atoms. The predicted molar refractivity (Wildman–Crippen MR) is 74.8 cm³/mol. The molecule has 3 N–H and O–H groups in total. The first-order chi connectivity index (χ1) is 9.38. The van der Waals surface area contributed by atoms with E-state index in [1.54, 1.807) is 0 Å². The van der Waals surface area contributed by atoms with Crippen LogP contribution < -0.4 is 10.5 Å². The average Bonchev–Trinajstić information content (AvgIpc) is 2.37. The SMILES string of the molecule is Nc1cnc(Oc2cc(F)c(Cl)cc2Br)cc1C(=O)O. The van der Waals surface area contributed by atoms with Gasteiger partial charge in [-0.25, -0.2) is 14.2 Å². The highest BCUT2D eigenvalue weighted by molar-refractivity contribution is 9.10. The molecule has 0 saturated carbocycles. The number of ether oxygens (including phenoxy) is 1. The van der Waals surface area contributed by atoms with Crippen LogP contribution in [0.1, 0.15) is 10.4 Å². The molecule has 20 heavy (non-hydrogen) atoms. The van der Waals surface area contributed by atoms with Crippen molar-refractivity contribution >= 4 is 39.2 Å². The molecule has 0 aliphatic rings. The second-order valence-corrected chi connectivity index (χ2v) is 4.98. The van der Waals surface area contributed by atoms with Gasteiger partial charge in [0.15, 0.2) is 0 Å². The number of halogens is 3. The quantitative estimate of drug-likeness (QED) is 0.814. The van der Waals surface area contributed by atoms with Crippen molar-refractivity contribution in [3.05, 3.63) is 45.3 Å². The standard InChI is InChI=1S/C12H7BrClFN2O3/c13-6-2-7(14)8(15)3-10(6)20-11-1-5(12(18)19)9(16)4-17-11/h1-4H,16H2,(H,18,19). The summed E-state index contributed by atoms with van der Waals surface area (Å²) in [5.41, 5.74) is 5.33. The molecular weight excluding hydrogens is 354 g/mol. The molecule has 5 nitrogen and oxygen atoms in total. The van der Waals surface area contributed by atoms with Crippen molar-refractivity contribution in [2.45, 2.75) is 0 Å². The fourth-order valence-electron chi connectivity index (χ4n) is 1.38. The maximum absolute atomic E-state index is 13.4. The van der Waals surface area contributed by atoms with Crippen molar-refractivity contribution in [1.29, 1.82) is 0 Å². The molecule has 8 heteroatoms. The predicted octanol–water partition coefficient (Wildman–Crippen LogP) is 3.71. The Labute approximate surface area is 126 Å². The molecule has 0 aliphatic carbocycles. The Bertz CT molecular complexity index is 697. The van der Waals surface area contributed by atoms with Gasteiger partial charge in [-0.1, -0.05) is 11.6 Å². The summed E-state index contributed by atoms with van der Waals surface area (Å²) in [6, 6.07) is 3.53. The molecule has 1 aromatic carbocycles. The lowest BCUT2D eigenvalue weighted by Gasteiger charge is -2.09. The monoisotopic (exact) mass is 360 g/mol. The van der Waals surface area contributed by atoms with Gasteiger partial charge in [0.1, 0.15) is 11.6 Å². The molecule has 0 radical (unpaired) electrons. The number of carboxylic acids is 1. The number of hydrogen-bond donors (Lipinski definition) is 2. The number of nitrogens with zero attached hydrogens (tertiary/aromatic N) is 1. The maximum Gasteiger partial charge on any atom is 0.338 e. The lowest BCUT2D eigenvalue weighted by Crippen LogP contribution is -2.04. The number of hydrogen-bond acceptors (Lipinski definition) is 4. The second kappa shape index (κ2) is 5.64. The van der Waals surface area contributed by atoms with Gasteiger partial charge >= 0.3 is 5.97 Å². The first kappa shape index (κ1) is 14.5. The molecular formula is C12H7BrClFN2O3. The highest BCUT2D eigenvalue weighted by Gasteiger charge is 2.13. The van der Waals surface area contributed by atoms with Crippen molar-refractivity contribution in [3.8, 4) is 11.6 Å². The Morgan fingerprint density at radius 2 is 2.15 bits per heavy atom. The molecule has 104 valence electrons. The number of pyridine rings is 1. The Morgan fingerprint density at radius 3 is 2.80 bits per heavy atom. The summed E-state index contributed by atoms with van der Waals surface area (Å²) in [6.07, 6.45) is 1.15. The minimum absolute atomic E-state index is 0.00574. The molecule has 0 atom stereocenters. The number of anilines is 1. The van der Waals surface area contributed by atoms with E-state index in [-0.39, 0.29) is 27.9 Å². The van der Waals surface area contributed by atoms with Gasteiger partial charge in [0.05, 0.1) is 26.9 Å². The first-order valence-corrected chi connectivity index (χ1v) is 6.37. The zero-order valence-corrected chi connectivity index (χ0v) is 12.1. The molecule has 0 saturated heterocycles. The van der Waals surface area contributed by atoms with E-state index < -0.39 is 11.8 Å². The Kier molecular flexibility index (Phi) is 4.10. The third kappa shape index (κ3) is 3.00. The highest BCUT2D eigenvalue weighted by atomic mass is 79.9. The van der Waals surface area contributed by atoms with Crippen molar-refractivity contribution < 1.29 is 19.0 Å². The van der Waals surface area contributed by atoms with Crippen molar-refractivity contribution in [3.63, 3.8) is 0 Å². The van der Waals surface area contributed by atoms with Gasteiger partial charge in [-0.15, -0.1) is 0 Å². The molecule has 0 unspecified atom stereocenters. The summed E-state index contributed by atoms with van der Waals surface area (Å²) in [5, 5.41) is 8.87. The van der Waals surface area contributed by atoms with Crippen LogP contribution in [0.15, 0.2) is 28.9 Å². The van der Waals surface area contributed by atoms with Crippen molar-refractivity contribution in [2.75, 3.05) is 5.73 Å². The van der Waals surface area contributed by atoms with Crippen molar-refractivity contribution in [2.24, 2.45) is 0 Å². The molecule has 0 amide bonds. The van der Waals surface area contributed by atoms with Crippen LogP contribution >= 0.6 is 27.5 Å². The van der Waals surface area contributed by atoms with E-state index in [1.807, 2.05) is 0 Å². The average molecular weight is 362 g/mol. The summed E-state index contributed by atoms with van der Waals surface area (Å²) in [7, 11) is 0. The first-order valence-electron chi connectivity index (χ1n) is 5.19. The molecule has 2 aromatic rings. The Balaban J connectivity index is 2.38. The topological polar surface area (TPSA) is 85.4 Å². The lowest BCUT2D eigenvalue weighted by atomic mass is 10.2. The zero-order valence-electron chi connectivity index (χ0n) is 9.73. The lowest BCUT2D eigenvalue weighted by molar-refractivity contribution is 0.0697. The van der Waals surface area contributed by atoms with E-state index >= 15 is 0 Å². The summed E-state index contributed by atoms with van der Waals surface area (Å²) in [6.45, 7) is 0. The van der Waals surface area contributed by atoms with Gasteiger partial charge in [-0.2, -0.15) is 0 Å². The van der Waals surface area contributed by atoms with E-state index in [0.29, 0.717) is 4.47 Å². The van der Waals surface area contributed by atoms with E-state index in [9.17, 15) is 9.18 Å². The van der Waals surface area contributed by atoms with Crippen LogP contribution in [0.4, 0.5) is 10.1 Å². The zero-order chi connectivity index (χ0) is 14.9. The second-order valence-electron chi connectivity index (χ2n) is 3.71. The number of aromatic nitrogens is 1. The third-order valence-corrected chi connectivity index (χ3v) is 3.24. The molecule has 0 spiro atoms. The van der Waals surface area contributed by atoms with E-state index in [0.717, 1.165) is 18.3 Å². The van der Waals surface area contributed by atoms with Gasteiger partial charge in [0.25, 0.3) is 0 Å². The number of rotatable bonds is 3. The van der Waals surface area contributed by atoms with Crippen LogP contribution in [0, 0.1) is 5.82 Å². The molecule has 0 fully saturated rings. The van der Waals surface area contributed by atoms with Gasteiger partial charge in [-0.05, 0) is 22.0 Å². The number of benzene rings is 1. The number of aromatic carboxylic acids is 1. The highest BCUT2D eigenvalue weighted by Crippen LogP contribution is 2.33. The molecule has 0 aliphatic heterocycles. The smallest absolute Gasteiger partial charge is 0.338 e. The minimum Gasteiger partial charge on any atom is -0.478 e. The van der Waals surface area contributed by atoms with E-state index in [2.05, 4.69) is 20.9 Å². The summed E-state index contributed by atoms with van der Waals surface area (Å²) >= 11 is 8.76. The van der Waals surface area contributed by atoms with Gasteiger partial charge in [-0.3, -0.25) is 0 Å². The number of nitrogen functional groups attached to an aromatic ring is 1. The number of carbonyl (C=O) groups is 1. The van der Waals surface area contributed by atoms with Gasteiger partial charge in [0.2, 0.25) is 5.88 Å². The molecule has 1 heterocycles. The van der Waals surface area contributed by atoms with Gasteiger partial charge in [0, 0.05) is 12.1 Å². The fraction of sp³-hybridized carbons (Fsp3) is 0. The fourth-order valence-corrected chi connectivity index (χ4v) is 2.10. The van der Waals surface area contributed by atoms with Crippen LogP contribution in [-0.2, 0) is 0 Å². The van der Waals surface area contributed by atoms with Crippen LogP contribution in [-0.4, -0.2) is 16.1 Å². The normalized spacial score (nSPS) is 10.3. The summed E-state index contributed by atoms with van der Waals surface area (Å²) in [5.74, 6) is -1.80. The summed E-state index contributed by atoms with van der Waals surface area (Å²) < 4.78 is 19.1. The minimum atomic E-state index is -1.21. The molecule has 2 rings (SSSR count). The molecule has 1 aromatic heterocycles. The van der Waals surface area contributed by atoms with Crippen molar-refractivity contribution in [1.82, 2.24) is 4.98 Å². The Morgan fingerprint density at radius 1 is 1.45 bits per heavy atom.